The van der Waals surface area contributed by atoms with Crippen LogP contribution in [0, 0.1) is 0 Å². The van der Waals surface area contributed by atoms with Crippen molar-refractivity contribution in [3.8, 4) is 5.69 Å². The number of carbonyl (C=O) groups excluding carboxylic acids is 1. The Morgan fingerprint density at radius 2 is 1.65 bits per heavy atom. The van der Waals surface area contributed by atoms with Crippen molar-refractivity contribution < 1.29 is 18.0 Å². The first-order valence-electron chi connectivity index (χ1n) is 7.55. The van der Waals surface area contributed by atoms with E-state index in [1.165, 1.54) is 12.1 Å². The highest BCUT2D eigenvalue weighted by Gasteiger charge is 2.35. The molecule has 5 heteroatoms. The van der Waals surface area contributed by atoms with E-state index in [4.69, 9.17) is 0 Å². The summed E-state index contributed by atoms with van der Waals surface area (Å²) in [6, 6.07) is 7.18. The van der Waals surface area contributed by atoms with Crippen LogP contribution in [0.5, 0.6) is 0 Å². The molecule has 1 aromatic heterocycles. The van der Waals surface area contributed by atoms with Crippen molar-refractivity contribution in [2.24, 2.45) is 0 Å². The molecule has 2 rings (SSSR count). The molecule has 0 saturated heterocycles. The van der Waals surface area contributed by atoms with E-state index >= 15 is 0 Å². The molecule has 0 bridgehead atoms. The molecular weight excluding hydrogens is 303 g/mol. The van der Waals surface area contributed by atoms with E-state index in [2.05, 4.69) is 0 Å². The number of benzene rings is 1. The summed E-state index contributed by atoms with van der Waals surface area (Å²) in [6.45, 7) is 7.56. The molecule has 0 aliphatic rings. The van der Waals surface area contributed by atoms with Crippen molar-refractivity contribution in [1.82, 2.24) is 4.57 Å². The van der Waals surface area contributed by atoms with Gasteiger partial charge in [0, 0.05) is 17.0 Å². The van der Waals surface area contributed by atoms with Gasteiger partial charge in [0.15, 0.2) is 6.29 Å². The lowest BCUT2D eigenvalue weighted by atomic mass is 10.1. The summed E-state index contributed by atoms with van der Waals surface area (Å²) in [4.78, 5) is 11.4. The Labute approximate surface area is 133 Å². The van der Waals surface area contributed by atoms with Gasteiger partial charge in [0.25, 0.3) is 0 Å². The number of aromatic nitrogens is 1. The van der Waals surface area contributed by atoms with E-state index in [-0.39, 0.29) is 17.5 Å². The number of aldehydes is 1. The van der Waals surface area contributed by atoms with Gasteiger partial charge in [-0.2, -0.15) is 13.2 Å². The fourth-order valence-electron chi connectivity index (χ4n) is 2.85. The Morgan fingerprint density at radius 3 is 2.13 bits per heavy atom. The maximum Gasteiger partial charge on any atom is 0.418 e. The highest BCUT2D eigenvalue weighted by atomic mass is 19.4. The molecular formula is C18H20F3NO. The van der Waals surface area contributed by atoms with Crippen molar-refractivity contribution in [3.63, 3.8) is 0 Å². The van der Waals surface area contributed by atoms with Gasteiger partial charge in [0.2, 0.25) is 0 Å². The van der Waals surface area contributed by atoms with Crippen LogP contribution in [0.25, 0.3) is 5.69 Å². The highest BCUT2D eigenvalue weighted by molar-refractivity contribution is 5.78. The maximum atomic E-state index is 13.4. The van der Waals surface area contributed by atoms with Crippen LogP contribution in [0.2, 0.25) is 0 Å². The SMILES string of the molecule is CC(C)c1cc(C=O)c(C(C)C)n1-c1ccccc1C(F)(F)F. The molecule has 0 radical (unpaired) electrons. The third-order valence-electron chi connectivity index (χ3n) is 3.81. The predicted molar refractivity (Wildman–Crippen MR) is 84.3 cm³/mol. The zero-order chi connectivity index (χ0) is 17.4. The summed E-state index contributed by atoms with van der Waals surface area (Å²) >= 11 is 0. The van der Waals surface area contributed by atoms with Crippen LogP contribution in [-0.4, -0.2) is 10.9 Å². The van der Waals surface area contributed by atoms with Gasteiger partial charge in [-0.1, -0.05) is 39.8 Å². The van der Waals surface area contributed by atoms with E-state index in [0.717, 1.165) is 6.07 Å². The number of nitrogens with zero attached hydrogens (tertiary/aromatic N) is 1. The number of hydrogen-bond acceptors (Lipinski definition) is 1. The molecule has 0 atom stereocenters. The Hall–Kier alpha value is -2.04. The smallest absolute Gasteiger partial charge is 0.316 e. The third kappa shape index (κ3) is 3.19. The van der Waals surface area contributed by atoms with Crippen molar-refractivity contribution in [2.45, 2.75) is 45.7 Å². The standard InChI is InChI=1S/C18H20F3NO/c1-11(2)16-9-13(10-23)17(12(3)4)22(16)15-8-6-5-7-14(15)18(19,20)21/h5-12H,1-4H3. The van der Waals surface area contributed by atoms with E-state index < -0.39 is 11.7 Å². The molecule has 0 spiro atoms. The Balaban J connectivity index is 2.88. The molecule has 0 saturated carbocycles. The molecule has 1 heterocycles. The first kappa shape index (κ1) is 17.3. The molecule has 0 amide bonds. The van der Waals surface area contributed by atoms with Crippen LogP contribution >= 0.6 is 0 Å². The molecule has 0 fully saturated rings. The zero-order valence-corrected chi connectivity index (χ0v) is 13.6. The van der Waals surface area contributed by atoms with Gasteiger partial charge in [-0.15, -0.1) is 0 Å². The minimum absolute atomic E-state index is 0.0116. The molecule has 1 aromatic carbocycles. The van der Waals surface area contributed by atoms with Gasteiger partial charge >= 0.3 is 6.18 Å². The average Bonchev–Trinajstić information content (AvgIpc) is 2.86. The Kier molecular flexibility index (Phi) is 4.68. The minimum atomic E-state index is -4.45. The van der Waals surface area contributed by atoms with E-state index in [1.54, 1.807) is 16.7 Å². The van der Waals surface area contributed by atoms with Crippen LogP contribution < -0.4 is 0 Å². The minimum Gasteiger partial charge on any atom is -0.316 e. The van der Waals surface area contributed by atoms with Gasteiger partial charge in [-0.3, -0.25) is 4.79 Å². The summed E-state index contributed by atoms with van der Waals surface area (Å²) in [5.41, 5.74) is 1.13. The molecule has 124 valence electrons. The van der Waals surface area contributed by atoms with E-state index in [9.17, 15) is 18.0 Å². The largest absolute Gasteiger partial charge is 0.418 e. The lowest BCUT2D eigenvalue weighted by molar-refractivity contribution is -0.137. The second-order valence-electron chi connectivity index (χ2n) is 6.19. The first-order valence-corrected chi connectivity index (χ1v) is 7.55. The zero-order valence-electron chi connectivity index (χ0n) is 13.6. The van der Waals surface area contributed by atoms with Gasteiger partial charge in [-0.25, -0.2) is 0 Å². The summed E-state index contributed by atoms with van der Waals surface area (Å²) in [5, 5.41) is 0. The first-order chi connectivity index (χ1) is 10.7. The Bertz CT molecular complexity index is 712. The van der Waals surface area contributed by atoms with Gasteiger partial charge < -0.3 is 4.57 Å². The maximum absolute atomic E-state index is 13.4. The number of halogens is 3. The second kappa shape index (κ2) is 6.22. The van der Waals surface area contributed by atoms with Crippen molar-refractivity contribution >= 4 is 6.29 Å². The average molecular weight is 323 g/mol. The second-order valence-corrected chi connectivity index (χ2v) is 6.19. The van der Waals surface area contributed by atoms with Crippen LogP contribution in [-0.2, 0) is 6.18 Å². The summed E-state index contributed by atoms with van der Waals surface area (Å²) < 4.78 is 41.8. The molecule has 2 aromatic rings. The van der Waals surface area contributed by atoms with Crippen molar-refractivity contribution in [3.05, 3.63) is 52.8 Å². The number of carbonyl (C=O) groups is 1. The highest BCUT2D eigenvalue weighted by Crippen LogP contribution is 2.38. The number of para-hydroxylation sites is 1. The van der Waals surface area contributed by atoms with Crippen LogP contribution in [0.4, 0.5) is 13.2 Å². The lowest BCUT2D eigenvalue weighted by Crippen LogP contribution is -2.15. The van der Waals surface area contributed by atoms with Crippen LogP contribution in [0.3, 0.4) is 0 Å². The van der Waals surface area contributed by atoms with Crippen LogP contribution in [0.15, 0.2) is 30.3 Å². The van der Waals surface area contributed by atoms with Crippen molar-refractivity contribution in [1.29, 1.82) is 0 Å². The van der Waals surface area contributed by atoms with Crippen LogP contribution in [0.1, 0.15) is 66.8 Å². The third-order valence-corrected chi connectivity index (χ3v) is 3.81. The topological polar surface area (TPSA) is 22.0 Å². The summed E-state index contributed by atoms with van der Waals surface area (Å²) in [5.74, 6) is -0.0912. The number of alkyl halides is 3. The van der Waals surface area contributed by atoms with Gasteiger partial charge in [0.05, 0.1) is 11.3 Å². The summed E-state index contributed by atoms with van der Waals surface area (Å²) in [7, 11) is 0. The lowest BCUT2D eigenvalue weighted by Gasteiger charge is -2.21. The predicted octanol–water partition coefficient (Wildman–Crippen LogP) is 5.56. The molecule has 2 nitrogen and oxygen atoms in total. The quantitative estimate of drug-likeness (QED) is 0.676. The van der Waals surface area contributed by atoms with Crippen molar-refractivity contribution in [2.75, 3.05) is 0 Å². The number of rotatable bonds is 4. The molecule has 0 aliphatic heterocycles. The van der Waals surface area contributed by atoms with Gasteiger partial charge in [-0.05, 0) is 30.0 Å². The van der Waals surface area contributed by atoms with E-state index in [1.807, 2.05) is 27.7 Å². The summed E-state index contributed by atoms with van der Waals surface area (Å²) in [6.07, 6.45) is -3.74. The van der Waals surface area contributed by atoms with Gasteiger partial charge in [0.1, 0.15) is 0 Å². The molecule has 0 aliphatic carbocycles. The fraction of sp³-hybridized carbons (Fsp3) is 0.389. The van der Waals surface area contributed by atoms with E-state index in [0.29, 0.717) is 23.2 Å². The monoisotopic (exact) mass is 323 g/mol. The fourth-order valence-corrected chi connectivity index (χ4v) is 2.85. The molecule has 23 heavy (non-hydrogen) atoms. The molecule has 0 unspecified atom stereocenters. The number of hydrogen-bond donors (Lipinski definition) is 0. The Morgan fingerprint density at radius 1 is 1.04 bits per heavy atom. The normalized spacial score (nSPS) is 12.2. The molecule has 0 N–H and O–H groups in total.